The van der Waals surface area contributed by atoms with Crippen molar-refractivity contribution in [3.05, 3.63) is 94.8 Å². The van der Waals surface area contributed by atoms with Gasteiger partial charge in [0.15, 0.2) is 0 Å². The van der Waals surface area contributed by atoms with Crippen molar-refractivity contribution in [2.75, 3.05) is 6.61 Å². The van der Waals surface area contributed by atoms with Gasteiger partial charge < -0.3 is 15.2 Å². The monoisotopic (exact) mass is 430 g/mol. The third-order valence-electron chi connectivity index (χ3n) is 5.53. The molecule has 4 rings (SSSR count). The Balaban J connectivity index is 1.43. The fourth-order valence-electron chi connectivity index (χ4n) is 3.99. The molecule has 7 heteroatoms. The second kappa shape index (κ2) is 8.90. The fraction of sp³-hybridized carbons (Fsp3) is 0.160. The first-order valence-corrected chi connectivity index (χ1v) is 10.0. The molecular weight excluding hydrogens is 411 g/mol. The Labute approximate surface area is 183 Å². The number of rotatable bonds is 6. The normalized spacial score (nSPS) is 12.9. The molecule has 1 aliphatic carbocycles. The molecule has 0 spiro atoms. The van der Waals surface area contributed by atoms with Gasteiger partial charge in [-0.2, -0.15) is 5.26 Å². The predicted molar refractivity (Wildman–Crippen MR) is 114 cm³/mol. The summed E-state index contributed by atoms with van der Waals surface area (Å²) in [5.41, 5.74) is 4.47. The van der Waals surface area contributed by atoms with Crippen LogP contribution < -0.4 is 5.32 Å². The summed E-state index contributed by atoms with van der Waals surface area (Å²) < 4.78 is 19.2. The van der Waals surface area contributed by atoms with Gasteiger partial charge in [0.2, 0.25) is 0 Å². The minimum Gasteiger partial charge on any atom is -0.480 e. The van der Waals surface area contributed by atoms with E-state index < -0.39 is 23.9 Å². The van der Waals surface area contributed by atoms with Gasteiger partial charge in [-0.1, -0.05) is 54.6 Å². The van der Waals surface area contributed by atoms with Crippen molar-refractivity contribution in [3.8, 4) is 17.2 Å². The Morgan fingerprint density at radius 1 is 1.06 bits per heavy atom. The number of fused-ring (bicyclic) bond motifs is 3. The molecule has 0 fully saturated rings. The van der Waals surface area contributed by atoms with E-state index in [1.165, 1.54) is 12.1 Å². The van der Waals surface area contributed by atoms with Gasteiger partial charge in [0, 0.05) is 12.3 Å². The number of carbonyl (C=O) groups excluding carboxylic acids is 1. The molecular formula is C25H19FN2O4. The first kappa shape index (κ1) is 21.1. The van der Waals surface area contributed by atoms with Crippen molar-refractivity contribution >= 4 is 12.1 Å². The summed E-state index contributed by atoms with van der Waals surface area (Å²) >= 11 is 0. The van der Waals surface area contributed by atoms with Crippen LogP contribution in [0.5, 0.6) is 0 Å². The number of aliphatic carboxylic acids is 1. The van der Waals surface area contributed by atoms with Gasteiger partial charge in [-0.25, -0.2) is 14.0 Å². The fourth-order valence-corrected chi connectivity index (χ4v) is 3.99. The lowest BCUT2D eigenvalue weighted by atomic mass is 9.98. The number of amides is 1. The molecule has 6 nitrogen and oxygen atoms in total. The van der Waals surface area contributed by atoms with Crippen LogP contribution in [0.1, 0.15) is 28.2 Å². The van der Waals surface area contributed by atoms with E-state index in [1.807, 2.05) is 48.5 Å². The lowest BCUT2D eigenvalue weighted by Gasteiger charge is -2.17. The molecule has 3 aromatic carbocycles. The number of nitriles is 1. The molecule has 32 heavy (non-hydrogen) atoms. The topological polar surface area (TPSA) is 99.4 Å². The number of hydrogen-bond acceptors (Lipinski definition) is 4. The average molecular weight is 430 g/mol. The van der Waals surface area contributed by atoms with Crippen LogP contribution in [-0.2, 0) is 16.0 Å². The highest BCUT2D eigenvalue weighted by Crippen LogP contribution is 2.44. The summed E-state index contributed by atoms with van der Waals surface area (Å²) in [5.74, 6) is -2.16. The third kappa shape index (κ3) is 4.16. The Bertz CT molecular complexity index is 1190. The van der Waals surface area contributed by atoms with Crippen LogP contribution >= 0.6 is 0 Å². The Kier molecular flexibility index (Phi) is 5.86. The number of benzene rings is 3. The van der Waals surface area contributed by atoms with Gasteiger partial charge in [-0.15, -0.1) is 0 Å². The van der Waals surface area contributed by atoms with Crippen molar-refractivity contribution in [2.24, 2.45) is 0 Å². The number of ether oxygens (including phenoxy) is 1. The number of carbonyl (C=O) groups is 2. The van der Waals surface area contributed by atoms with E-state index in [0.29, 0.717) is 5.56 Å². The molecule has 1 aliphatic rings. The van der Waals surface area contributed by atoms with Crippen LogP contribution in [0.15, 0.2) is 66.7 Å². The van der Waals surface area contributed by atoms with E-state index in [4.69, 9.17) is 10.00 Å². The van der Waals surface area contributed by atoms with Crippen LogP contribution in [0, 0.1) is 17.1 Å². The van der Waals surface area contributed by atoms with Crippen LogP contribution in [-0.4, -0.2) is 29.8 Å². The third-order valence-corrected chi connectivity index (χ3v) is 5.53. The summed E-state index contributed by atoms with van der Waals surface area (Å²) in [6.45, 7) is 0.0533. The number of carboxylic acids is 1. The summed E-state index contributed by atoms with van der Waals surface area (Å²) in [7, 11) is 0. The highest BCUT2D eigenvalue weighted by Gasteiger charge is 2.29. The molecule has 0 radical (unpaired) electrons. The van der Waals surface area contributed by atoms with Crippen LogP contribution in [0.2, 0.25) is 0 Å². The SMILES string of the molecule is N#Cc1ccc(CC(NC(=O)OCC2c3ccccc3-c3ccccc32)C(=O)O)cc1F. The number of halogens is 1. The summed E-state index contributed by atoms with van der Waals surface area (Å²) in [6.07, 6.45) is -1.02. The molecule has 0 saturated heterocycles. The molecule has 160 valence electrons. The first-order chi connectivity index (χ1) is 15.5. The van der Waals surface area contributed by atoms with Crippen molar-refractivity contribution in [3.63, 3.8) is 0 Å². The molecule has 3 aromatic rings. The zero-order valence-electron chi connectivity index (χ0n) is 16.9. The van der Waals surface area contributed by atoms with E-state index in [-0.39, 0.29) is 24.5 Å². The summed E-state index contributed by atoms with van der Waals surface area (Å²) in [4.78, 5) is 24.0. The number of nitrogens with one attached hydrogen (secondary N) is 1. The van der Waals surface area contributed by atoms with Crippen molar-refractivity contribution in [1.82, 2.24) is 5.32 Å². The van der Waals surface area contributed by atoms with Crippen LogP contribution in [0.4, 0.5) is 9.18 Å². The van der Waals surface area contributed by atoms with E-state index in [1.54, 1.807) is 6.07 Å². The van der Waals surface area contributed by atoms with Crippen LogP contribution in [0.25, 0.3) is 11.1 Å². The predicted octanol–water partition coefficient (Wildman–Crippen LogP) is 4.23. The quantitative estimate of drug-likeness (QED) is 0.610. The van der Waals surface area contributed by atoms with E-state index in [2.05, 4.69) is 5.32 Å². The lowest BCUT2D eigenvalue weighted by Crippen LogP contribution is -2.42. The number of nitrogens with zero attached hydrogens (tertiary/aromatic N) is 1. The molecule has 0 heterocycles. The lowest BCUT2D eigenvalue weighted by molar-refractivity contribution is -0.139. The Hall–Kier alpha value is -4.18. The van der Waals surface area contributed by atoms with E-state index >= 15 is 0 Å². The maximum Gasteiger partial charge on any atom is 0.407 e. The van der Waals surface area contributed by atoms with Gasteiger partial charge in [-0.3, -0.25) is 0 Å². The highest BCUT2D eigenvalue weighted by molar-refractivity contribution is 5.81. The van der Waals surface area contributed by atoms with Gasteiger partial charge in [0.05, 0.1) is 5.56 Å². The second-order valence-corrected chi connectivity index (χ2v) is 7.49. The number of alkyl carbamates (subject to hydrolysis) is 1. The molecule has 0 aliphatic heterocycles. The second-order valence-electron chi connectivity index (χ2n) is 7.49. The van der Waals surface area contributed by atoms with Gasteiger partial charge in [-0.05, 0) is 39.9 Å². The van der Waals surface area contributed by atoms with Gasteiger partial charge in [0.25, 0.3) is 0 Å². The average Bonchev–Trinajstić information content (AvgIpc) is 3.11. The molecule has 1 unspecified atom stereocenters. The Morgan fingerprint density at radius 2 is 1.69 bits per heavy atom. The zero-order valence-corrected chi connectivity index (χ0v) is 16.9. The van der Waals surface area contributed by atoms with E-state index in [0.717, 1.165) is 28.3 Å². The molecule has 1 amide bonds. The van der Waals surface area contributed by atoms with Crippen molar-refractivity contribution in [2.45, 2.75) is 18.4 Å². The van der Waals surface area contributed by atoms with Crippen LogP contribution in [0.3, 0.4) is 0 Å². The molecule has 0 aromatic heterocycles. The maximum atomic E-state index is 13.8. The molecule has 0 saturated carbocycles. The summed E-state index contributed by atoms with van der Waals surface area (Å²) in [5, 5.41) is 20.6. The minimum atomic E-state index is -1.31. The number of carboxylic acid groups (broad SMARTS) is 1. The summed E-state index contributed by atoms with van der Waals surface area (Å²) in [6, 6.07) is 20.0. The minimum absolute atomic E-state index is 0.0533. The Morgan fingerprint density at radius 3 is 2.25 bits per heavy atom. The smallest absolute Gasteiger partial charge is 0.407 e. The number of hydrogen-bond donors (Lipinski definition) is 2. The van der Waals surface area contributed by atoms with Crippen molar-refractivity contribution < 1.29 is 23.8 Å². The zero-order chi connectivity index (χ0) is 22.7. The highest BCUT2D eigenvalue weighted by atomic mass is 19.1. The molecule has 1 atom stereocenters. The van der Waals surface area contributed by atoms with E-state index in [9.17, 15) is 19.1 Å². The molecule has 2 N–H and O–H groups in total. The first-order valence-electron chi connectivity index (χ1n) is 10.0. The molecule has 0 bridgehead atoms. The standard InChI is InChI=1S/C25H19FN2O4/c26-22-11-15(9-10-16(22)13-27)12-23(24(29)30)28-25(31)32-14-21-19-7-3-1-5-17(19)18-6-2-4-8-20(18)21/h1-11,21,23H,12,14H2,(H,28,31)(H,29,30). The maximum absolute atomic E-state index is 13.8. The largest absolute Gasteiger partial charge is 0.480 e. The van der Waals surface area contributed by atoms with Gasteiger partial charge in [0.1, 0.15) is 24.5 Å². The van der Waals surface area contributed by atoms with Crippen molar-refractivity contribution in [1.29, 1.82) is 5.26 Å². The van der Waals surface area contributed by atoms with Gasteiger partial charge >= 0.3 is 12.1 Å².